The van der Waals surface area contributed by atoms with Crippen molar-refractivity contribution >= 4 is 12.0 Å². The maximum atomic E-state index is 11.9. The summed E-state index contributed by atoms with van der Waals surface area (Å²) in [5.41, 5.74) is 0.0288. The lowest BCUT2D eigenvalue weighted by Gasteiger charge is -2.31. The van der Waals surface area contributed by atoms with Crippen LogP contribution >= 0.6 is 0 Å². The van der Waals surface area contributed by atoms with Gasteiger partial charge in [-0.1, -0.05) is 24.3 Å². The van der Waals surface area contributed by atoms with Gasteiger partial charge < -0.3 is 9.64 Å². The van der Waals surface area contributed by atoms with Crippen LogP contribution in [0.25, 0.3) is 0 Å². The van der Waals surface area contributed by atoms with Crippen LogP contribution in [-0.4, -0.2) is 55.1 Å². The van der Waals surface area contributed by atoms with Gasteiger partial charge >= 0.3 is 6.09 Å². The molecule has 5 nitrogen and oxygen atoms in total. The Hall–Kier alpha value is -1.78. The molecule has 2 unspecified atom stereocenters. The van der Waals surface area contributed by atoms with E-state index in [1.54, 1.807) is 11.9 Å². The number of carbonyl (C=O) groups excluding carboxylic acids is 2. The lowest BCUT2D eigenvalue weighted by Crippen LogP contribution is -2.51. The average molecular weight is 262 g/mol. The molecule has 0 aromatic heterocycles. The lowest BCUT2D eigenvalue weighted by atomic mass is 10.0. The SMILES string of the molecule is CN1CCN(C(=O)OCC23C=CC=CC2C3)CC1=O. The number of hydrogen-bond acceptors (Lipinski definition) is 3. The fraction of sp³-hybridized carbons (Fsp3) is 0.571. The van der Waals surface area contributed by atoms with Gasteiger partial charge in [-0.25, -0.2) is 4.79 Å². The molecular formula is C14H18N2O3. The zero-order valence-corrected chi connectivity index (χ0v) is 11.0. The van der Waals surface area contributed by atoms with E-state index in [9.17, 15) is 9.59 Å². The molecule has 0 spiro atoms. The zero-order chi connectivity index (χ0) is 13.5. The second-order valence-electron chi connectivity index (χ2n) is 5.58. The van der Waals surface area contributed by atoms with Crippen LogP contribution in [0.5, 0.6) is 0 Å². The molecule has 2 atom stereocenters. The summed E-state index contributed by atoms with van der Waals surface area (Å²) in [4.78, 5) is 26.6. The van der Waals surface area contributed by atoms with Crippen LogP contribution < -0.4 is 0 Å². The van der Waals surface area contributed by atoms with Gasteiger partial charge in [0.2, 0.25) is 5.91 Å². The monoisotopic (exact) mass is 262 g/mol. The van der Waals surface area contributed by atoms with Gasteiger partial charge in [-0.15, -0.1) is 0 Å². The first kappa shape index (κ1) is 12.3. The Bertz CT molecular complexity index is 471. The number of fused-ring (bicyclic) bond motifs is 1. The van der Waals surface area contributed by atoms with Crippen molar-refractivity contribution in [2.75, 3.05) is 33.3 Å². The third-order valence-corrected chi connectivity index (χ3v) is 4.24. The highest BCUT2D eigenvalue weighted by Crippen LogP contribution is 2.56. The van der Waals surface area contributed by atoms with Crippen LogP contribution in [0.4, 0.5) is 4.79 Å². The van der Waals surface area contributed by atoms with E-state index in [1.807, 2.05) is 12.2 Å². The molecule has 1 saturated carbocycles. The first-order valence-corrected chi connectivity index (χ1v) is 6.62. The summed E-state index contributed by atoms with van der Waals surface area (Å²) in [5, 5.41) is 0. The minimum absolute atomic E-state index is 0.0288. The van der Waals surface area contributed by atoms with Gasteiger partial charge in [0.25, 0.3) is 0 Å². The molecule has 19 heavy (non-hydrogen) atoms. The number of amides is 2. The van der Waals surface area contributed by atoms with Crippen molar-refractivity contribution < 1.29 is 14.3 Å². The van der Waals surface area contributed by atoms with E-state index in [4.69, 9.17) is 4.74 Å². The molecule has 102 valence electrons. The Kier molecular flexibility index (Phi) is 2.84. The summed E-state index contributed by atoms with van der Waals surface area (Å²) in [7, 11) is 1.75. The third-order valence-electron chi connectivity index (χ3n) is 4.24. The molecular weight excluding hydrogens is 244 g/mol. The number of likely N-dealkylation sites (N-methyl/N-ethyl adjacent to an activating group) is 1. The van der Waals surface area contributed by atoms with E-state index < -0.39 is 0 Å². The lowest BCUT2D eigenvalue weighted by molar-refractivity contribution is -0.133. The molecule has 1 aliphatic heterocycles. The largest absolute Gasteiger partial charge is 0.448 e. The molecule has 1 saturated heterocycles. The minimum atomic E-state index is -0.371. The van der Waals surface area contributed by atoms with E-state index in [-0.39, 0.29) is 24.0 Å². The van der Waals surface area contributed by atoms with Gasteiger partial charge in [-0.2, -0.15) is 0 Å². The van der Waals surface area contributed by atoms with Crippen LogP contribution in [0.3, 0.4) is 0 Å². The van der Waals surface area contributed by atoms with Crippen molar-refractivity contribution in [3.63, 3.8) is 0 Å². The standard InChI is InChI=1S/C14H18N2O3/c1-15-6-7-16(9-12(15)17)13(18)19-10-14-5-3-2-4-11(14)8-14/h2-5,11H,6-10H2,1H3. The van der Waals surface area contributed by atoms with E-state index in [0.29, 0.717) is 25.6 Å². The van der Waals surface area contributed by atoms with Gasteiger partial charge in [0.15, 0.2) is 0 Å². The Morgan fingerprint density at radius 3 is 3.05 bits per heavy atom. The molecule has 1 heterocycles. The highest BCUT2D eigenvalue weighted by atomic mass is 16.6. The number of piperazine rings is 1. The number of hydrogen-bond donors (Lipinski definition) is 0. The number of ether oxygens (including phenoxy) is 1. The third kappa shape index (κ3) is 2.25. The topological polar surface area (TPSA) is 49.9 Å². The molecule has 2 amide bonds. The molecule has 2 fully saturated rings. The maximum Gasteiger partial charge on any atom is 0.410 e. The summed E-state index contributed by atoms with van der Waals surface area (Å²) in [6.45, 7) is 1.66. The van der Waals surface area contributed by atoms with Crippen molar-refractivity contribution in [2.45, 2.75) is 6.42 Å². The Labute approximate surface area is 112 Å². The Morgan fingerprint density at radius 1 is 1.47 bits per heavy atom. The second-order valence-corrected chi connectivity index (χ2v) is 5.58. The Morgan fingerprint density at radius 2 is 2.32 bits per heavy atom. The van der Waals surface area contributed by atoms with E-state index in [1.165, 1.54) is 4.90 Å². The van der Waals surface area contributed by atoms with Crippen LogP contribution in [0.2, 0.25) is 0 Å². The van der Waals surface area contributed by atoms with Crippen LogP contribution in [0.15, 0.2) is 24.3 Å². The van der Waals surface area contributed by atoms with Crippen LogP contribution in [0, 0.1) is 11.3 Å². The molecule has 0 aromatic rings. The average Bonchev–Trinajstić information content (AvgIpc) is 3.14. The van der Waals surface area contributed by atoms with Gasteiger partial charge in [-0.05, 0) is 12.3 Å². The first-order valence-electron chi connectivity index (χ1n) is 6.62. The van der Waals surface area contributed by atoms with E-state index in [2.05, 4.69) is 12.2 Å². The van der Waals surface area contributed by atoms with Gasteiger partial charge in [-0.3, -0.25) is 9.69 Å². The normalized spacial score (nSPS) is 32.3. The zero-order valence-electron chi connectivity index (χ0n) is 11.0. The number of rotatable bonds is 2. The molecule has 3 aliphatic rings. The van der Waals surface area contributed by atoms with Crippen LogP contribution in [-0.2, 0) is 9.53 Å². The highest BCUT2D eigenvalue weighted by Gasteiger charge is 2.52. The fourth-order valence-electron chi connectivity index (χ4n) is 2.66. The Balaban J connectivity index is 1.51. The highest BCUT2D eigenvalue weighted by molar-refractivity contribution is 5.83. The molecule has 2 aliphatic carbocycles. The molecule has 0 aromatic carbocycles. The van der Waals surface area contributed by atoms with Gasteiger partial charge in [0.05, 0.1) is 0 Å². The smallest absolute Gasteiger partial charge is 0.410 e. The molecule has 0 bridgehead atoms. The summed E-state index contributed by atoms with van der Waals surface area (Å²) in [5.74, 6) is 0.477. The summed E-state index contributed by atoms with van der Waals surface area (Å²) in [6.07, 6.45) is 9.01. The van der Waals surface area contributed by atoms with Crippen molar-refractivity contribution in [3.8, 4) is 0 Å². The van der Waals surface area contributed by atoms with Crippen molar-refractivity contribution in [3.05, 3.63) is 24.3 Å². The van der Waals surface area contributed by atoms with E-state index >= 15 is 0 Å². The second kappa shape index (κ2) is 4.40. The summed E-state index contributed by atoms with van der Waals surface area (Å²) < 4.78 is 5.38. The fourth-order valence-corrected chi connectivity index (χ4v) is 2.66. The van der Waals surface area contributed by atoms with Crippen molar-refractivity contribution in [1.82, 2.24) is 9.80 Å². The summed E-state index contributed by atoms with van der Waals surface area (Å²) >= 11 is 0. The maximum absolute atomic E-state index is 11.9. The first-order chi connectivity index (χ1) is 9.11. The number of nitrogens with zero attached hydrogens (tertiary/aromatic N) is 2. The quantitative estimate of drug-likeness (QED) is 0.747. The van der Waals surface area contributed by atoms with E-state index in [0.717, 1.165) is 6.42 Å². The van der Waals surface area contributed by atoms with Crippen molar-refractivity contribution in [1.29, 1.82) is 0 Å². The molecule has 0 N–H and O–H groups in total. The molecule has 0 radical (unpaired) electrons. The molecule has 5 heteroatoms. The summed E-state index contributed by atoms with van der Waals surface area (Å²) in [6, 6.07) is 0. The predicted octanol–water partition coefficient (Wildman–Crippen LogP) is 1.03. The van der Waals surface area contributed by atoms with Crippen molar-refractivity contribution in [2.24, 2.45) is 11.3 Å². The number of allylic oxidation sites excluding steroid dienone is 3. The predicted molar refractivity (Wildman–Crippen MR) is 69.4 cm³/mol. The van der Waals surface area contributed by atoms with Gasteiger partial charge in [0.1, 0.15) is 13.2 Å². The number of carbonyl (C=O) groups is 2. The minimum Gasteiger partial charge on any atom is -0.448 e. The van der Waals surface area contributed by atoms with Gasteiger partial charge in [0, 0.05) is 25.6 Å². The molecule has 3 rings (SSSR count). The van der Waals surface area contributed by atoms with Crippen LogP contribution in [0.1, 0.15) is 6.42 Å².